The van der Waals surface area contributed by atoms with E-state index >= 15 is 0 Å². The summed E-state index contributed by atoms with van der Waals surface area (Å²) < 4.78 is 22.5. The molecule has 0 bridgehead atoms. The molecule has 312 valence electrons. The van der Waals surface area contributed by atoms with E-state index in [0.29, 0.717) is 69.3 Å². The van der Waals surface area contributed by atoms with Crippen molar-refractivity contribution >= 4 is 51.9 Å². The number of rotatable bonds is 18. The number of methoxy groups -OCH3 is 1. The Labute approximate surface area is 333 Å². The standard InChI is InChI=1S/C40H49N5O13/c1-39-19-26(56-30(49)12-8-6-10-18-44(3)24-14-15-25(45(53)54)35-34(24)42-58-43-35)33-31(23(39)13-16-27(39)46)36(50)37(51)32-22(20-41-17-9-5-7-11-29(47)48)38(52)57-28(21-55-4)40(32,33)2/h14-15,20,23,26,28,41,51H,5-13,16-19,21H2,1-4H3,(H,47,48)/b22-20-/t23-,26+,28+,39-,40-/m0/s1. The van der Waals surface area contributed by atoms with E-state index in [1.807, 2.05) is 11.9 Å². The second-order valence-electron chi connectivity index (χ2n) is 15.8. The average molecular weight is 808 g/mol. The number of carboxylic acids is 1. The van der Waals surface area contributed by atoms with Crippen LogP contribution in [0.25, 0.3) is 11.0 Å². The van der Waals surface area contributed by atoms with Crippen molar-refractivity contribution in [3.8, 4) is 0 Å². The third-order valence-electron chi connectivity index (χ3n) is 12.2. The molecule has 0 amide bonds. The summed E-state index contributed by atoms with van der Waals surface area (Å²) in [6.45, 7) is 4.31. The highest BCUT2D eigenvalue weighted by Crippen LogP contribution is 2.62. The summed E-state index contributed by atoms with van der Waals surface area (Å²) in [5, 5.41) is 42.6. The van der Waals surface area contributed by atoms with Gasteiger partial charge in [0.25, 0.3) is 0 Å². The van der Waals surface area contributed by atoms with Gasteiger partial charge in [0.2, 0.25) is 11.3 Å². The zero-order valence-corrected chi connectivity index (χ0v) is 33.0. The third-order valence-corrected chi connectivity index (χ3v) is 12.2. The molecule has 2 aromatic rings. The summed E-state index contributed by atoms with van der Waals surface area (Å²) in [6, 6.07) is 2.93. The summed E-state index contributed by atoms with van der Waals surface area (Å²) in [5.41, 5.74) is -1.17. The first-order valence-corrected chi connectivity index (χ1v) is 19.6. The smallest absolute Gasteiger partial charge is 0.340 e. The number of nitro benzene ring substituents is 1. The van der Waals surface area contributed by atoms with Crippen molar-refractivity contribution in [3.05, 3.63) is 56.5 Å². The first-order chi connectivity index (χ1) is 27.6. The number of carboxylic acid groups (broad SMARTS) is 1. The van der Waals surface area contributed by atoms with Crippen LogP contribution in [0.3, 0.4) is 0 Å². The van der Waals surface area contributed by atoms with Crippen LogP contribution in [-0.4, -0.2) is 101 Å². The number of aliphatic carboxylic acids is 1. The molecule has 5 atom stereocenters. The van der Waals surface area contributed by atoms with E-state index in [1.54, 1.807) is 19.9 Å². The number of carbonyl (C=O) groups excluding carboxylic acids is 4. The predicted octanol–water partition coefficient (Wildman–Crippen LogP) is 4.82. The number of Topliss-reactive ketones (excluding diaryl/α,β-unsaturated/α-hetero) is 2. The second-order valence-corrected chi connectivity index (χ2v) is 15.8. The number of carbonyl (C=O) groups is 5. The molecule has 0 unspecified atom stereocenters. The van der Waals surface area contributed by atoms with Gasteiger partial charge < -0.3 is 34.6 Å². The number of hydrogen-bond donors (Lipinski definition) is 3. The van der Waals surface area contributed by atoms with Gasteiger partial charge in [-0.15, -0.1) is 0 Å². The minimum absolute atomic E-state index is 0.0257. The van der Waals surface area contributed by atoms with Crippen LogP contribution < -0.4 is 10.2 Å². The fourth-order valence-electron chi connectivity index (χ4n) is 9.18. The van der Waals surface area contributed by atoms with E-state index in [-0.39, 0.29) is 71.5 Å². The lowest BCUT2D eigenvalue weighted by molar-refractivity contribution is -0.383. The molecule has 0 radical (unpaired) electrons. The molecule has 6 rings (SSSR count). The van der Waals surface area contributed by atoms with Gasteiger partial charge in [-0.25, -0.2) is 9.42 Å². The van der Waals surface area contributed by atoms with Crippen molar-refractivity contribution in [1.29, 1.82) is 0 Å². The van der Waals surface area contributed by atoms with Crippen LogP contribution in [-0.2, 0) is 38.2 Å². The molecular weight excluding hydrogens is 758 g/mol. The summed E-state index contributed by atoms with van der Waals surface area (Å²) in [4.78, 5) is 78.6. The van der Waals surface area contributed by atoms with Crippen molar-refractivity contribution in [2.75, 3.05) is 38.8 Å². The Kier molecular flexibility index (Phi) is 12.3. The maximum Gasteiger partial charge on any atom is 0.340 e. The van der Waals surface area contributed by atoms with E-state index < -0.39 is 63.3 Å². The number of nitro groups is 1. The van der Waals surface area contributed by atoms with Gasteiger partial charge in [0, 0.05) is 87.7 Å². The minimum Gasteiger partial charge on any atom is -0.504 e. The molecule has 0 spiro atoms. The number of unbranched alkanes of at least 4 members (excludes halogenated alkanes) is 4. The maximum atomic E-state index is 14.4. The van der Waals surface area contributed by atoms with Crippen molar-refractivity contribution in [1.82, 2.24) is 15.6 Å². The number of esters is 2. The van der Waals surface area contributed by atoms with E-state index in [4.69, 9.17) is 23.9 Å². The second kappa shape index (κ2) is 17.1. The first kappa shape index (κ1) is 42.0. The third kappa shape index (κ3) is 7.68. The van der Waals surface area contributed by atoms with Gasteiger partial charge in [0.1, 0.15) is 18.0 Å². The van der Waals surface area contributed by atoms with Crippen LogP contribution in [0.4, 0.5) is 11.4 Å². The van der Waals surface area contributed by atoms with E-state index in [9.17, 15) is 39.2 Å². The van der Waals surface area contributed by atoms with Crippen molar-refractivity contribution < 1.29 is 57.9 Å². The zero-order chi connectivity index (χ0) is 41.9. The molecule has 2 fully saturated rings. The lowest BCUT2D eigenvalue weighted by Gasteiger charge is -2.53. The molecule has 3 aliphatic carbocycles. The molecular formula is C40H49N5O13. The summed E-state index contributed by atoms with van der Waals surface area (Å²) in [5.74, 6) is -4.20. The normalized spacial score (nSPS) is 26.0. The fraction of sp³-hybridized carbons (Fsp3) is 0.575. The Bertz CT molecular complexity index is 2110. The van der Waals surface area contributed by atoms with Crippen LogP contribution in [0.5, 0.6) is 0 Å². The molecule has 2 heterocycles. The monoisotopic (exact) mass is 807 g/mol. The number of hydrogen-bond acceptors (Lipinski definition) is 16. The number of fused-ring (bicyclic) bond motifs is 5. The van der Waals surface area contributed by atoms with Crippen molar-refractivity contribution in [2.24, 2.45) is 16.7 Å². The summed E-state index contributed by atoms with van der Waals surface area (Å²) in [6.07, 6.45) is 3.48. The number of ketones is 2. The van der Waals surface area contributed by atoms with E-state index in [2.05, 4.69) is 15.6 Å². The van der Waals surface area contributed by atoms with Crippen LogP contribution in [0.1, 0.15) is 84.5 Å². The molecule has 18 heteroatoms. The van der Waals surface area contributed by atoms with Gasteiger partial charge in [-0.3, -0.25) is 29.3 Å². The van der Waals surface area contributed by atoms with Gasteiger partial charge >= 0.3 is 23.6 Å². The van der Waals surface area contributed by atoms with Crippen molar-refractivity contribution in [3.63, 3.8) is 0 Å². The van der Waals surface area contributed by atoms with Crippen LogP contribution in [0.15, 0.2) is 51.0 Å². The number of aliphatic hydroxyl groups is 1. The van der Waals surface area contributed by atoms with E-state index in [1.165, 1.54) is 19.4 Å². The number of anilines is 1. The molecule has 4 aliphatic rings. The number of aliphatic hydroxyl groups excluding tert-OH is 1. The Morgan fingerprint density at radius 3 is 2.53 bits per heavy atom. The maximum absolute atomic E-state index is 14.4. The summed E-state index contributed by atoms with van der Waals surface area (Å²) in [7, 11) is 3.24. The lowest BCUT2D eigenvalue weighted by atomic mass is 9.53. The number of ether oxygens (including phenoxy) is 3. The minimum atomic E-state index is -1.39. The largest absolute Gasteiger partial charge is 0.504 e. The number of cyclic esters (lactones) is 1. The van der Waals surface area contributed by atoms with Crippen LogP contribution in [0.2, 0.25) is 0 Å². The highest BCUT2D eigenvalue weighted by atomic mass is 16.6. The molecule has 1 aromatic carbocycles. The Hall–Kier alpha value is -5.65. The number of aromatic nitrogens is 2. The predicted molar refractivity (Wildman–Crippen MR) is 204 cm³/mol. The summed E-state index contributed by atoms with van der Waals surface area (Å²) >= 11 is 0. The quantitative estimate of drug-likeness (QED) is 0.0600. The van der Waals surface area contributed by atoms with Gasteiger partial charge in [-0.05, 0) is 61.0 Å². The first-order valence-electron chi connectivity index (χ1n) is 19.6. The van der Waals surface area contributed by atoms with Gasteiger partial charge in [-0.1, -0.05) is 19.8 Å². The Morgan fingerprint density at radius 1 is 1.09 bits per heavy atom. The molecule has 1 saturated heterocycles. The van der Waals surface area contributed by atoms with Crippen molar-refractivity contribution in [2.45, 2.75) is 96.7 Å². The molecule has 18 nitrogen and oxygen atoms in total. The highest BCUT2D eigenvalue weighted by Gasteiger charge is 2.64. The Morgan fingerprint density at radius 2 is 1.81 bits per heavy atom. The highest BCUT2D eigenvalue weighted by molar-refractivity contribution is 6.14. The van der Waals surface area contributed by atoms with Gasteiger partial charge in [-0.2, -0.15) is 0 Å². The number of nitrogens with one attached hydrogen (secondary N) is 1. The number of nitrogens with zero attached hydrogens (tertiary/aromatic N) is 4. The van der Waals surface area contributed by atoms with Gasteiger partial charge in [0.15, 0.2) is 11.3 Å². The van der Waals surface area contributed by atoms with Crippen LogP contribution in [0, 0.1) is 26.9 Å². The molecule has 1 saturated carbocycles. The van der Waals surface area contributed by atoms with Crippen LogP contribution >= 0.6 is 0 Å². The number of benzene rings is 1. The average Bonchev–Trinajstić information content (AvgIpc) is 3.78. The Balaban J connectivity index is 1.20. The molecule has 3 N–H and O–H groups in total. The number of allylic oxidation sites excluding steroid dienone is 1. The van der Waals surface area contributed by atoms with Gasteiger partial charge in [0.05, 0.1) is 28.2 Å². The molecule has 1 aliphatic heterocycles. The topological polar surface area (TPSA) is 251 Å². The molecule has 1 aromatic heterocycles. The zero-order valence-electron chi connectivity index (χ0n) is 33.0. The fourth-order valence-corrected chi connectivity index (χ4v) is 9.18. The molecule has 58 heavy (non-hydrogen) atoms. The van der Waals surface area contributed by atoms with E-state index in [0.717, 1.165) is 0 Å². The lowest BCUT2D eigenvalue weighted by Crippen LogP contribution is -2.57. The number of non-ortho nitro benzene ring substituents is 1. The SMILES string of the molecule is COC[C@H]1OC(=O)/C(=C\NCCCCCC(=O)O)C2=C(O)C(=O)C3=C([C@H](OC(=O)CCCCCN(C)c4ccc([N+](=O)[O-])c5nonc45)C[C@]4(C)C(=O)CC[C@@H]34)[C@]21C.